The molecule has 0 bridgehead atoms. The molecule has 3 N–H and O–H groups in total. The fraction of sp³-hybridized carbons (Fsp3) is 0.333. The minimum Gasteiger partial charge on any atom is -0.384 e. The number of nitrogens with one attached hydrogen (secondary N) is 1. The SMILES string of the molecule is C=C/C(=C\C(=C/C)C(=N)N)C1CCCN(C(=O)c2ccccc2)CC1. The van der Waals surface area contributed by atoms with Gasteiger partial charge in [-0.2, -0.15) is 0 Å². The zero-order valence-electron chi connectivity index (χ0n) is 14.9. The second kappa shape index (κ2) is 9.02. The van der Waals surface area contributed by atoms with Crippen LogP contribution in [0.4, 0.5) is 0 Å². The molecule has 2 rings (SSSR count). The van der Waals surface area contributed by atoms with Crippen molar-refractivity contribution in [2.75, 3.05) is 13.1 Å². The van der Waals surface area contributed by atoms with Gasteiger partial charge in [-0.3, -0.25) is 10.2 Å². The zero-order chi connectivity index (χ0) is 18.2. The highest BCUT2D eigenvalue weighted by Crippen LogP contribution is 2.27. The number of carbonyl (C=O) groups excluding carboxylic acids is 1. The summed E-state index contributed by atoms with van der Waals surface area (Å²) in [6.45, 7) is 7.31. The Labute approximate surface area is 150 Å². The number of hydrogen-bond donors (Lipinski definition) is 2. The Morgan fingerprint density at radius 1 is 1.28 bits per heavy atom. The van der Waals surface area contributed by atoms with Crippen LogP contribution in [0.15, 0.2) is 66.3 Å². The molecule has 1 saturated heterocycles. The Balaban J connectivity index is 2.10. The Morgan fingerprint density at radius 3 is 2.60 bits per heavy atom. The molecule has 1 unspecified atom stereocenters. The topological polar surface area (TPSA) is 70.2 Å². The lowest BCUT2D eigenvalue weighted by Gasteiger charge is -2.21. The Hall–Kier alpha value is -2.62. The van der Waals surface area contributed by atoms with Crippen LogP contribution >= 0.6 is 0 Å². The van der Waals surface area contributed by atoms with Crippen LogP contribution in [0.2, 0.25) is 0 Å². The van der Waals surface area contributed by atoms with Gasteiger partial charge in [-0.1, -0.05) is 36.9 Å². The summed E-state index contributed by atoms with van der Waals surface area (Å²) in [7, 11) is 0. The van der Waals surface area contributed by atoms with Gasteiger partial charge in [0.05, 0.1) is 0 Å². The largest absolute Gasteiger partial charge is 0.384 e. The molecule has 0 radical (unpaired) electrons. The third kappa shape index (κ3) is 4.92. The van der Waals surface area contributed by atoms with E-state index in [2.05, 4.69) is 6.58 Å². The summed E-state index contributed by atoms with van der Waals surface area (Å²) in [5.41, 5.74) is 8.18. The highest BCUT2D eigenvalue weighted by Gasteiger charge is 2.23. The van der Waals surface area contributed by atoms with E-state index in [1.807, 2.05) is 60.4 Å². The average molecular weight is 337 g/mol. The maximum absolute atomic E-state index is 12.6. The Bertz CT molecular complexity index is 688. The molecule has 1 aliphatic rings. The molecule has 4 nitrogen and oxygen atoms in total. The minimum atomic E-state index is 0.0661. The summed E-state index contributed by atoms with van der Waals surface area (Å²) in [5, 5.41) is 7.64. The number of hydrogen-bond acceptors (Lipinski definition) is 2. The molecule has 0 aliphatic carbocycles. The first kappa shape index (κ1) is 18.7. The molecule has 1 heterocycles. The van der Waals surface area contributed by atoms with Gasteiger partial charge in [-0.25, -0.2) is 0 Å². The van der Waals surface area contributed by atoms with Crippen LogP contribution in [0.5, 0.6) is 0 Å². The summed E-state index contributed by atoms with van der Waals surface area (Å²) in [5.74, 6) is 0.500. The molecule has 1 aromatic carbocycles. The summed E-state index contributed by atoms with van der Waals surface area (Å²) in [4.78, 5) is 14.6. The fourth-order valence-corrected chi connectivity index (χ4v) is 3.24. The predicted molar refractivity (Wildman–Crippen MR) is 104 cm³/mol. The number of benzene rings is 1. The maximum Gasteiger partial charge on any atom is 0.253 e. The van der Waals surface area contributed by atoms with Gasteiger partial charge < -0.3 is 10.6 Å². The van der Waals surface area contributed by atoms with Gasteiger partial charge in [-0.05, 0) is 55.9 Å². The van der Waals surface area contributed by atoms with Gasteiger partial charge in [0.25, 0.3) is 5.91 Å². The van der Waals surface area contributed by atoms with Crippen molar-refractivity contribution in [2.45, 2.75) is 26.2 Å². The van der Waals surface area contributed by atoms with Crippen LogP contribution in [0, 0.1) is 11.3 Å². The third-order valence-corrected chi connectivity index (χ3v) is 4.69. The molecule has 4 heteroatoms. The van der Waals surface area contributed by atoms with Crippen LogP contribution in [-0.4, -0.2) is 29.7 Å². The van der Waals surface area contributed by atoms with E-state index in [-0.39, 0.29) is 11.7 Å². The van der Waals surface area contributed by atoms with Gasteiger partial charge in [-0.15, -0.1) is 0 Å². The number of amidine groups is 1. The minimum absolute atomic E-state index is 0.0661. The molecule has 1 fully saturated rings. The first-order chi connectivity index (χ1) is 12.1. The van der Waals surface area contributed by atoms with Crippen LogP contribution in [0.3, 0.4) is 0 Å². The molecule has 0 saturated carbocycles. The monoisotopic (exact) mass is 337 g/mol. The van der Waals surface area contributed by atoms with Crippen molar-refractivity contribution < 1.29 is 4.79 Å². The number of rotatable bonds is 5. The van der Waals surface area contributed by atoms with Crippen LogP contribution in [-0.2, 0) is 0 Å². The molecule has 1 amide bonds. The summed E-state index contributed by atoms with van der Waals surface area (Å²) >= 11 is 0. The van der Waals surface area contributed by atoms with Crippen molar-refractivity contribution in [3.05, 3.63) is 71.8 Å². The van der Waals surface area contributed by atoms with E-state index < -0.39 is 0 Å². The lowest BCUT2D eigenvalue weighted by Crippen LogP contribution is -2.32. The average Bonchev–Trinajstić information content (AvgIpc) is 2.88. The van der Waals surface area contributed by atoms with E-state index >= 15 is 0 Å². The van der Waals surface area contributed by atoms with Crippen molar-refractivity contribution in [2.24, 2.45) is 11.7 Å². The zero-order valence-corrected chi connectivity index (χ0v) is 14.9. The number of nitrogens with two attached hydrogens (primary N) is 1. The van der Waals surface area contributed by atoms with E-state index in [0.29, 0.717) is 5.92 Å². The number of amides is 1. The van der Waals surface area contributed by atoms with Gasteiger partial charge in [0.2, 0.25) is 0 Å². The summed E-state index contributed by atoms with van der Waals surface area (Å²) in [6.07, 6.45) is 8.50. The molecule has 1 aromatic rings. The van der Waals surface area contributed by atoms with Crippen molar-refractivity contribution in [3.63, 3.8) is 0 Å². The molecule has 132 valence electrons. The molecular weight excluding hydrogens is 310 g/mol. The maximum atomic E-state index is 12.6. The van der Waals surface area contributed by atoms with Gasteiger partial charge in [0.1, 0.15) is 5.84 Å². The molecule has 0 spiro atoms. The summed E-state index contributed by atoms with van der Waals surface area (Å²) < 4.78 is 0. The molecule has 25 heavy (non-hydrogen) atoms. The molecular formula is C21H27N3O. The number of nitrogens with zero attached hydrogens (tertiary/aromatic N) is 1. The van der Waals surface area contributed by atoms with E-state index in [9.17, 15) is 4.79 Å². The van der Waals surface area contributed by atoms with Crippen LogP contribution in [0.25, 0.3) is 0 Å². The molecule has 1 atom stereocenters. The van der Waals surface area contributed by atoms with E-state index in [4.69, 9.17) is 11.1 Å². The first-order valence-corrected chi connectivity index (χ1v) is 8.76. The second-order valence-electron chi connectivity index (χ2n) is 6.29. The Kier molecular flexibility index (Phi) is 6.75. The normalized spacial score (nSPS) is 19.2. The smallest absolute Gasteiger partial charge is 0.253 e. The van der Waals surface area contributed by atoms with Gasteiger partial charge in [0.15, 0.2) is 0 Å². The lowest BCUT2D eigenvalue weighted by atomic mass is 9.90. The van der Waals surface area contributed by atoms with E-state index in [0.717, 1.165) is 49.1 Å². The summed E-state index contributed by atoms with van der Waals surface area (Å²) in [6, 6.07) is 9.44. The van der Waals surface area contributed by atoms with E-state index in [1.54, 1.807) is 0 Å². The predicted octanol–water partition coefficient (Wildman–Crippen LogP) is 3.92. The highest BCUT2D eigenvalue weighted by molar-refractivity contribution is 5.97. The van der Waals surface area contributed by atoms with Crippen molar-refractivity contribution in [1.29, 1.82) is 5.41 Å². The number of allylic oxidation sites excluding steroid dienone is 3. The second-order valence-corrected chi connectivity index (χ2v) is 6.29. The Morgan fingerprint density at radius 2 is 2.00 bits per heavy atom. The number of likely N-dealkylation sites (tertiary alicyclic amines) is 1. The lowest BCUT2D eigenvalue weighted by molar-refractivity contribution is 0.0760. The molecule has 0 aromatic heterocycles. The fourth-order valence-electron chi connectivity index (χ4n) is 3.24. The van der Waals surface area contributed by atoms with Crippen molar-refractivity contribution >= 4 is 11.7 Å². The van der Waals surface area contributed by atoms with Gasteiger partial charge >= 0.3 is 0 Å². The van der Waals surface area contributed by atoms with E-state index in [1.165, 1.54) is 0 Å². The van der Waals surface area contributed by atoms with Gasteiger partial charge in [0, 0.05) is 24.2 Å². The van der Waals surface area contributed by atoms with Crippen molar-refractivity contribution in [1.82, 2.24) is 4.90 Å². The quantitative estimate of drug-likeness (QED) is 0.485. The third-order valence-electron chi connectivity index (χ3n) is 4.69. The van der Waals surface area contributed by atoms with Crippen LogP contribution < -0.4 is 5.73 Å². The standard InChI is InChI=1S/C21H27N3O/c1-3-16(15-17(4-2)20(22)23)18-11-8-13-24(14-12-18)21(25)19-9-6-5-7-10-19/h3-7,9-10,15,18H,1,8,11-14H2,2H3,(H3,22,23)/b16-15+,17-4+. The first-order valence-electron chi connectivity index (χ1n) is 8.76. The van der Waals surface area contributed by atoms with Crippen LogP contribution in [0.1, 0.15) is 36.5 Å². The van der Waals surface area contributed by atoms with Crippen molar-refractivity contribution in [3.8, 4) is 0 Å². The molecule has 1 aliphatic heterocycles. The highest BCUT2D eigenvalue weighted by atomic mass is 16.2. The number of carbonyl (C=O) groups is 1.